The van der Waals surface area contributed by atoms with Crippen LogP contribution in [0.4, 0.5) is 9.18 Å². The Morgan fingerprint density at radius 3 is 2.68 bits per heavy atom. The number of ether oxygens (including phenoxy) is 1. The van der Waals surface area contributed by atoms with Gasteiger partial charge in [-0.1, -0.05) is 23.7 Å². The predicted molar refractivity (Wildman–Crippen MR) is 128 cm³/mol. The fourth-order valence-electron chi connectivity index (χ4n) is 4.69. The first-order valence-corrected chi connectivity index (χ1v) is 13.3. The van der Waals surface area contributed by atoms with Gasteiger partial charge in [-0.2, -0.15) is 4.31 Å². The maximum absolute atomic E-state index is 14.0. The lowest BCUT2D eigenvalue weighted by atomic mass is 9.93. The van der Waals surface area contributed by atoms with Gasteiger partial charge < -0.3 is 15.0 Å². The van der Waals surface area contributed by atoms with Crippen molar-refractivity contribution in [1.29, 1.82) is 0 Å². The molecule has 0 unspecified atom stereocenters. The molecule has 2 heterocycles. The molecular formula is C24H29ClFN3O4S. The number of hydrogen-bond donors (Lipinski definition) is 1. The van der Waals surface area contributed by atoms with E-state index in [0.717, 1.165) is 6.42 Å². The third kappa shape index (κ3) is 5.38. The molecule has 34 heavy (non-hydrogen) atoms. The van der Waals surface area contributed by atoms with Gasteiger partial charge in [-0.3, -0.25) is 0 Å². The van der Waals surface area contributed by atoms with Gasteiger partial charge in [-0.25, -0.2) is 17.6 Å². The van der Waals surface area contributed by atoms with Crippen LogP contribution >= 0.6 is 11.6 Å². The average Bonchev–Trinajstić information content (AvgIpc) is 2.83. The molecule has 0 bridgehead atoms. The smallest absolute Gasteiger partial charge is 0.410 e. The molecule has 0 aliphatic carbocycles. The van der Waals surface area contributed by atoms with Gasteiger partial charge in [0.2, 0.25) is 10.0 Å². The van der Waals surface area contributed by atoms with E-state index in [1.54, 1.807) is 17.0 Å². The van der Waals surface area contributed by atoms with Crippen LogP contribution in [0, 0.1) is 5.82 Å². The first-order chi connectivity index (χ1) is 16.3. The first-order valence-electron chi connectivity index (χ1n) is 11.5. The number of benzene rings is 2. The summed E-state index contributed by atoms with van der Waals surface area (Å²) in [6.07, 6.45) is 1.34. The second-order valence-electron chi connectivity index (χ2n) is 8.77. The molecular weight excluding hydrogens is 481 g/mol. The molecule has 0 spiro atoms. The molecule has 2 saturated heterocycles. The van der Waals surface area contributed by atoms with E-state index in [1.807, 2.05) is 6.92 Å². The monoisotopic (exact) mass is 509 g/mol. The second kappa shape index (κ2) is 10.6. The van der Waals surface area contributed by atoms with Crippen LogP contribution in [0.2, 0.25) is 5.02 Å². The summed E-state index contributed by atoms with van der Waals surface area (Å²) in [7, 11) is -3.98. The molecule has 2 aromatic rings. The van der Waals surface area contributed by atoms with Crippen LogP contribution in [0.5, 0.6) is 0 Å². The van der Waals surface area contributed by atoms with E-state index in [9.17, 15) is 17.6 Å². The summed E-state index contributed by atoms with van der Waals surface area (Å²) < 4.78 is 48.7. The number of hydrogen-bond acceptors (Lipinski definition) is 5. The topological polar surface area (TPSA) is 79.0 Å². The normalized spacial score (nSPS) is 24.1. The first kappa shape index (κ1) is 24.9. The van der Waals surface area contributed by atoms with Crippen molar-refractivity contribution in [3.63, 3.8) is 0 Å². The van der Waals surface area contributed by atoms with Gasteiger partial charge in [0.15, 0.2) is 0 Å². The number of amides is 1. The molecule has 2 aliphatic heterocycles. The summed E-state index contributed by atoms with van der Waals surface area (Å²) in [4.78, 5) is 14.5. The van der Waals surface area contributed by atoms with Crippen molar-refractivity contribution in [2.45, 2.75) is 49.2 Å². The number of piperazine rings is 1. The van der Waals surface area contributed by atoms with Crippen molar-refractivity contribution in [3.8, 4) is 0 Å². The van der Waals surface area contributed by atoms with Crippen molar-refractivity contribution in [2.75, 3.05) is 26.2 Å². The van der Waals surface area contributed by atoms with Crippen LogP contribution in [-0.4, -0.2) is 62.0 Å². The highest BCUT2D eigenvalue weighted by Gasteiger charge is 2.41. The zero-order valence-corrected chi connectivity index (χ0v) is 20.6. The SMILES string of the molecule is C[C@@H]1CNCCN1C(=O)OC[C@H]1CCC[C@@H](c2cccc(F)c2)N1S(=O)(=O)c1ccc(Cl)cc1. The molecule has 2 fully saturated rings. The maximum atomic E-state index is 14.0. The summed E-state index contributed by atoms with van der Waals surface area (Å²) in [5.41, 5.74) is 0.573. The van der Waals surface area contributed by atoms with E-state index in [2.05, 4.69) is 5.32 Å². The Morgan fingerprint density at radius 2 is 1.97 bits per heavy atom. The van der Waals surface area contributed by atoms with Crippen LogP contribution in [-0.2, 0) is 14.8 Å². The molecule has 2 aliphatic rings. The van der Waals surface area contributed by atoms with Gasteiger partial charge in [0, 0.05) is 30.7 Å². The number of nitrogens with zero attached hydrogens (tertiary/aromatic N) is 2. The number of carbonyl (C=O) groups is 1. The Labute approximate surface area is 204 Å². The number of sulfonamides is 1. The average molecular weight is 510 g/mol. The fraction of sp³-hybridized carbons (Fsp3) is 0.458. The Bertz CT molecular complexity index is 1120. The zero-order chi connectivity index (χ0) is 24.3. The largest absolute Gasteiger partial charge is 0.448 e. The van der Waals surface area contributed by atoms with Crippen LogP contribution < -0.4 is 5.32 Å². The summed E-state index contributed by atoms with van der Waals surface area (Å²) in [5, 5.41) is 3.65. The van der Waals surface area contributed by atoms with Crippen molar-refractivity contribution >= 4 is 27.7 Å². The van der Waals surface area contributed by atoms with E-state index in [1.165, 1.54) is 40.7 Å². The molecule has 10 heteroatoms. The van der Waals surface area contributed by atoms with Gasteiger partial charge in [0.25, 0.3) is 0 Å². The minimum absolute atomic E-state index is 0.0125. The van der Waals surface area contributed by atoms with Crippen molar-refractivity contribution < 1.29 is 22.3 Å². The number of rotatable bonds is 5. The predicted octanol–water partition coefficient (Wildman–Crippen LogP) is 4.19. The number of halogens is 2. The molecule has 1 amide bonds. The van der Waals surface area contributed by atoms with E-state index < -0.39 is 34.0 Å². The van der Waals surface area contributed by atoms with Gasteiger partial charge >= 0.3 is 6.09 Å². The maximum Gasteiger partial charge on any atom is 0.410 e. The number of piperidine rings is 1. The summed E-state index contributed by atoms with van der Waals surface area (Å²) in [6.45, 7) is 3.75. The highest BCUT2D eigenvalue weighted by Crippen LogP contribution is 2.39. The minimum Gasteiger partial charge on any atom is -0.448 e. The third-order valence-electron chi connectivity index (χ3n) is 6.44. The van der Waals surface area contributed by atoms with E-state index in [-0.39, 0.29) is 17.5 Å². The molecule has 0 aromatic heterocycles. The molecule has 1 N–H and O–H groups in total. The minimum atomic E-state index is -3.98. The van der Waals surface area contributed by atoms with Gasteiger partial charge in [-0.15, -0.1) is 0 Å². The van der Waals surface area contributed by atoms with Crippen LogP contribution in [0.1, 0.15) is 37.8 Å². The lowest BCUT2D eigenvalue weighted by molar-refractivity contribution is 0.0500. The van der Waals surface area contributed by atoms with E-state index in [4.69, 9.17) is 16.3 Å². The number of carbonyl (C=O) groups excluding carboxylic acids is 1. The van der Waals surface area contributed by atoms with Gasteiger partial charge in [0.05, 0.1) is 17.0 Å². The molecule has 2 aromatic carbocycles. The third-order valence-corrected chi connectivity index (χ3v) is 8.67. The molecule has 0 radical (unpaired) electrons. The molecule has 184 valence electrons. The molecule has 4 rings (SSSR count). The lowest BCUT2D eigenvalue weighted by Gasteiger charge is -2.41. The lowest BCUT2D eigenvalue weighted by Crippen LogP contribution is -2.53. The van der Waals surface area contributed by atoms with E-state index in [0.29, 0.717) is 43.1 Å². The highest BCUT2D eigenvalue weighted by atomic mass is 35.5. The zero-order valence-electron chi connectivity index (χ0n) is 19.0. The quantitative estimate of drug-likeness (QED) is 0.653. The van der Waals surface area contributed by atoms with Crippen LogP contribution in [0.25, 0.3) is 0 Å². The van der Waals surface area contributed by atoms with Crippen LogP contribution in [0.3, 0.4) is 0 Å². The Kier molecular flexibility index (Phi) is 7.77. The summed E-state index contributed by atoms with van der Waals surface area (Å²) >= 11 is 5.97. The van der Waals surface area contributed by atoms with Crippen molar-refractivity contribution in [2.24, 2.45) is 0 Å². The Hall–Kier alpha value is -2.20. The summed E-state index contributed by atoms with van der Waals surface area (Å²) in [5.74, 6) is -0.428. The number of nitrogens with one attached hydrogen (secondary N) is 1. The Morgan fingerprint density at radius 1 is 1.21 bits per heavy atom. The molecule has 0 saturated carbocycles. The van der Waals surface area contributed by atoms with Crippen molar-refractivity contribution in [3.05, 3.63) is 64.9 Å². The van der Waals surface area contributed by atoms with Gasteiger partial charge in [0.1, 0.15) is 12.4 Å². The second-order valence-corrected chi connectivity index (χ2v) is 11.0. The fourth-order valence-corrected chi connectivity index (χ4v) is 6.67. The summed E-state index contributed by atoms with van der Waals surface area (Å²) in [6, 6.07) is 10.8. The Balaban J connectivity index is 1.63. The van der Waals surface area contributed by atoms with Crippen molar-refractivity contribution in [1.82, 2.24) is 14.5 Å². The molecule has 3 atom stereocenters. The van der Waals surface area contributed by atoms with E-state index >= 15 is 0 Å². The van der Waals surface area contributed by atoms with Gasteiger partial charge in [-0.05, 0) is 68.1 Å². The highest BCUT2D eigenvalue weighted by molar-refractivity contribution is 7.89. The van der Waals surface area contributed by atoms with Crippen LogP contribution in [0.15, 0.2) is 53.4 Å². The molecule has 7 nitrogen and oxygen atoms in total. The standard InChI is InChI=1S/C24H29ClFN3O4S/c1-17-15-27-12-13-28(17)24(30)33-16-21-6-3-7-23(18-4-2-5-20(26)14-18)29(21)34(31,32)22-10-8-19(25)9-11-22/h2,4-5,8-11,14,17,21,23,27H,3,6-7,12-13,15-16H2,1H3/t17-,21-,23+/m1/s1.